The summed E-state index contributed by atoms with van der Waals surface area (Å²) in [7, 11) is 0. The molecule has 0 bridgehead atoms. The van der Waals surface area contributed by atoms with E-state index in [1.165, 1.54) is 24.3 Å². The van der Waals surface area contributed by atoms with Gasteiger partial charge < -0.3 is 37.5 Å². The first kappa shape index (κ1) is 33.6. The van der Waals surface area contributed by atoms with Gasteiger partial charge in [-0.05, 0) is 58.1 Å². The van der Waals surface area contributed by atoms with Crippen LogP contribution in [0.15, 0.2) is 29.3 Å². The highest BCUT2D eigenvalue weighted by molar-refractivity contribution is 5.98. The third-order valence-electron chi connectivity index (χ3n) is 5.08. The highest BCUT2D eigenvalue weighted by Gasteiger charge is 2.26. The van der Waals surface area contributed by atoms with Gasteiger partial charge >= 0.3 is 6.09 Å². The van der Waals surface area contributed by atoms with Crippen LogP contribution in [0.25, 0.3) is 0 Å². The van der Waals surface area contributed by atoms with Gasteiger partial charge in [-0.1, -0.05) is 13.8 Å². The lowest BCUT2D eigenvalue weighted by molar-refractivity contribution is -0.384. The van der Waals surface area contributed by atoms with Gasteiger partial charge in [0.1, 0.15) is 17.7 Å². The van der Waals surface area contributed by atoms with Crippen LogP contribution >= 0.6 is 0 Å². The predicted octanol–water partition coefficient (Wildman–Crippen LogP) is 1.13. The smallest absolute Gasteiger partial charge is 0.408 e. The molecule has 0 unspecified atom stereocenters. The maximum atomic E-state index is 12.9. The lowest BCUT2D eigenvalue weighted by Gasteiger charge is -2.24. The largest absolute Gasteiger partial charge is 0.444 e. The first-order valence-corrected chi connectivity index (χ1v) is 12.7. The number of carbonyl (C=O) groups excluding carboxylic acids is 4. The number of hydrogen-bond acceptors (Lipinski definition) is 8. The summed E-state index contributed by atoms with van der Waals surface area (Å²) in [5, 5.41) is 21.0. The van der Waals surface area contributed by atoms with E-state index >= 15 is 0 Å². The van der Waals surface area contributed by atoms with Crippen molar-refractivity contribution in [2.75, 3.05) is 18.4 Å². The van der Waals surface area contributed by atoms with Gasteiger partial charge in [0.15, 0.2) is 5.96 Å². The van der Waals surface area contributed by atoms with Crippen molar-refractivity contribution in [3.05, 3.63) is 34.4 Å². The molecule has 0 fully saturated rings. The third-order valence-corrected chi connectivity index (χ3v) is 5.08. The van der Waals surface area contributed by atoms with Gasteiger partial charge in [0.05, 0.1) is 11.5 Å². The molecular weight excluding hydrogens is 524 g/mol. The molecule has 0 saturated heterocycles. The number of alkyl carbamates (subject to hydrolysis) is 1. The number of aliphatic imine (C=N–C) groups is 1. The Bertz CT molecular complexity index is 1060. The zero-order valence-electron chi connectivity index (χ0n) is 23.5. The molecule has 1 rings (SSSR count). The van der Waals surface area contributed by atoms with Gasteiger partial charge in [-0.25, -0.2) is 4.79 Å². The number of nitrogens with two attached hydrogens (primary N) is 2. The van der Waals surface area contributed by atoms with Gasteiger partial charge in [0, 0.05) is 24.4 Å². The molecule has 40 heavy (non-hydrogen) atoms. The van der Waals surface area contributed by atoms with Crippen molar-refractivity contribution in [1.29, 1.82) is 0 Å². The monoisotopic (exact) mass is 564 g/mol. The van der Waals surface area contributed by atoms with Crippen LogP contribution in [0.3, 0.4) is 0 Å². The van der Waals surface area contributed by atoms with Crippen LogP contribution < -0.4 is 32.7 Å². The van der Waals surface area contributed by atoms with Crippen LogP contribution in [-0.4, -0.2) is 65.5 Å². The first-order valence-electron chi connectivity index (χ1n) is 12.7. The SMILES string of the molecule is CC(C)C[C@@H](NC(=O)OC(C)(C)C)C(=O)NCC(=O)N[C@H](CCCN=C(N)N)C(=O)Nc1ccc([N+](=O)[O-])cc1. The molecule has 0 aliphatic rings. The Balaban J connectivity index is 2.84. The summed E-state index contributed by atoms with van der Waals surface area (Å²) in [6, 6.07) is 3.22. The summed E-state index contributed by atoms with van der Waals surface area (Å²) in [6.45, 7) is 8.59. The van der Waals surface area contributed by atoms with E-state index in [0.29, 0.717) is 12.8 Å². The standard InChI is InChI=1S/C25H40N8O7/c1-15(2)13-19(32-24(37)40-25(3,4)5)21(35)29-14-20(34)31-18(7-6-12-28-23(26)27)22(36)30-16-8-10-17(11-9-16)33(38)39/h8-11,15,18-19H,6-7,12-14H2,1-5H3,(H,29,35)(H,30,36)(H,31,34)(H,32,37)(H4,26,27,28)/t18-,19-/m1/s1. The molecule has 1 aromatic carbocycles. The Hall–Kier alpha value is -4.43. The number of nitrogens with one attached hydrogen (secondary N) is 4. The minimum atomic E-state index is -1.03. The number of amides is 4. The molecule has 1 aromatic rings. The van der Waals surface area contributed by atoms with E-state index in [1.807, 2.05) is 13.8 Å². The molecule has 0 aliphatic carbocycles. The second-order valence-electron chi connectivity index (χ2n) is 10.4. The average Bonchev–Trinajstić information content (AvgIpc) is 2.82. The van der Waals surface area contributed by atoms with Crippen LogP contribution in [0.2, 0.25) is 0 Å². The highest BCUT2D eigenvalue weighted by atomic mass is 16.6. The molecule has 0 heterocycles. The van der Waals surface area contributed by atoms with Gasteiger partial charge in [-0.3, -0.25) is 29.5 Å². The number of nitro benzene ring substituents is 1. The van der Waals surface area contributed by atoms with Gasteiger partial charge in [0.2, 0.25) is 17.7 Å². The summed E-state index contributed by atoms with van der Waals surface area (Å²) < 4.78 is 5.22. The second-order valence-corrected chi connectivity index (χ2v) is 10.4. The first-order chi connectivity index (χ1) is 18.6. The van der Waals surface area contributed by atoms with Crippen LogP contribution in [0, 0.1) is 16.0 Å². The zero-order chi connectivity index (χ0) is 30.5. The van der Waals surface area contributed by atoms with Crippen LogP contribution in [-0.2, 0) is 19.1 Å². The molecule has 15 heteroatoms. The quantitative estimate of drug-likeness (QED) is 0.0623. The normalized spacial score (nSPS) is 12.4. The number of guanidine groups is 1. The second kappa shape index (κ2) is 15.9. The van der Waals surface area contributed by atoms with E-state index < -0.39 is 53.0 Å². The third kappa shape index (κ3) is 13.9. The lowest BCUT2D eigenvalue weighted by atomic mass is 10.0. The van der Waals surface area contributed by atoms with E-state index in [2.05, 4.69) is 26.3 Å². The number of benzene rings is 1. The summed E-state index contributed by atoms with van der Waals surface area (Å²) >= 11 is 0. The molecule has 222 valence electrons. The summed E-state index contributed by atoms with van der Waals surface area (Å²) in [5.74, 6) is -1.89. The van der Waals surface area contributed by atoms with E-state index in [0.717, 1.165) is 0 Å². The minimum Gasteiger partial charge on any atom is -0.444 e. The topological polar surface area (TPSA) is 233 Å². The number of ether oxygens (including phenoxy) is 1. The molecule has 0 aliphatic heterocycles. The van der Waals surface area contributed by atoms with Crippen molar-refractivity contribution >= 4 is 41.1 Å². The van der Waals surface area contributed by atoms with Crippen molar-refractivity contribution < 1.29 is 28.8 Å². The summed E-state index contributed by atoms with van der Waals surface area (Å²) in [4.78, 5) is 64.7. The number of anilines is 1. The predicted molar refractivity (Wildman–Crippen MR) is 149 cm³/mol. The lowest BCUT2D eigenvalue weighted by Crippen LogP contribution is -2.52. The summed E-state index contributed by atoms with van der Waals surface area (Å²) in [5.41, 5.74) is 10.0. The average molecular weight is 565 g/mol. The molecular formula is C25H40N8O7. The van der Waals surface area contributed by atoms with Crippen LogP contribution in [0.5, 0.6) is 0 Å². The van der Waals surface area contributed by atoms with Crippen LogP contribution in [0.4, 0.5) is 16.2 Å². The Kier molecular flexibility index (Phi) is 13.3. The molecule has 4 amide bonds. The van der Waals surface area contributed by atoms with Crippen molar-refractivity contribution in [3.63, 3.8) is 0 Å². The number of nitro groups is 1. The number of non-ortho nitro benzene ring substituents is 1. The Morgan fingerprint density at radius 2 is 1.65 bits per heavy atom. The minimum absolute atomic E-state index is 0.0530. The van der Waals surface area contributed by atoms with Gasteiger partial charge in [0.25, 0.3) is 5.69 Å². The number of hydrogen-bond donors (Lipinski definition) is 6. The van der Waals surface area contributed by atoms with Gasteiger partial charge in [-0.2, -0.15) is 0 Å². The Morgan fingerprint density at radius 1 is 1.02 bits per heavy atom. The fourth-order valence-corrected chi connectivity index (χ4v) is 3.36. The summed E-state index contributed by atoms with van der Waals surface area (Å²) in [6.07, 6.45) is 0.0454. The number of carbonyl (C=O) groups is 4. The van der Waals surface area contributed by atoms with E-state index in [1.54, 1.807) is 20.8 Å². The molecule has 0 radical (unpaired) electrons. The van der Waals surface area contributed by atoms with Crippen molar-refractivity contribution in [1.82, 2.24) is 16.0 Å². The molecule has 0 spiro atoms. The Labute approximate surface area is 233 Å². The van der Waals surface area contributed by atoms with Crippen molar-refractivity contribution in [2.45, 2.75) is 71.6 Å². The van der Waals surface area contributed by atoms with Crippen molar-refractivity contribution in [2.24, 2.45) is 22.4 Å². The molecule has 0 saturated carbocycles. The molecule has 2 atom stereocenters. The fraction of sp³-hybridized carbons (Fsp3) is 0.560. The molecule has 15 nitrogen and oxygen atoms in total. The maximum Gasteiger partial charge on any atom is 0.408 e. The van der Waals surface area contributed by atoms with Gasteiger partial charge in [-0.15, -0.1) is 0 Å². The van der Waals surface area contributed by atoms with Crippen molar-refractivity contribution in [3.8, 4) is 0 Å². The molecule has 0 aromatic heterocycles. The maximum absolute atomic E-state index is 12.9. The highest BCUT2D eigenvalue weighted by Crippen LogP contribution is 2.16. The number of nitrogens with zero attached hydrogens (tertiary/aromatic N) is 2. The van der Waals surface area contributed by atoms with E-state index in [9.17, 15) is 29.3 Å². The van der Waals surface area contributed by atoms with Crippen LogP contribution in [0.1, 0.15) is 53.9 Å². The number of rotatable bonds is 14. The fourth-order valence-electron chi connectivity index (χ4n) is 3.36. The van der Waals surface area contributed by atoms with E-state index in [4.69, 9.17) is 16.2 Å². The zero-order valence-corrected chi connectivity index (χ0v) is 23.5. The molecule has 8 N–H and O–H groups in total. The van der Waals surface area contributed by atoms with E-state index in [-0.39, 0.29) is 36.2 Å². The Morgan fingerprint density at radius 3 is 2.17 bits per heavy atom.